The molecule has 0 aliphatic rings. The summed E-state index contributed by atoms with van der Waals surface area (Å²) in [5, 5.41) is 22.1. The van der Waals surface area contributed by atoms with Crippen molar-refractivity contribution in [2.24, 2.45) is 0 Å². The molecule has 2 amide bonds. The number of nitrogens with zero attached hydrogens (tertiary/aromatic N) is 5. The molecule has 210 valence electrons. The predicted molar refractivity (Wildman–Crippen MR) is 152 cm³/mol. The molecule has 4 rings (SSSR count). The normalized spacial score (nSPS) is 11.4. The van der Waals surface area contributed by atoms with E-state index in [0.717, 1.165) is 29.6 Å². The fraction of sp³-hybridized carbons (Fsp3) is 0.217. The summed E-state index contributed by atoms with van der Waals surface area (Å²) in [6.07, 6.45) is -4.58. The summed E-state index contributed by atoms with van der Waals surface area (Å²) in [5.74, 6) is -0.106. The number of carbonyl (C=O) groups is 2. The zero-order chi connectivity index (χ0) is 28.9. The number of halogens is 5. The highest BCUT2D eigenvalue weighted by Crippen LogP contribution is 2.32. The van der Waals surface area contributed by atoms with Gasteiger partial charge in [0.05, 0.1) is 34.1 Å². The Morgan fingerprint density at radius 3 is 2.65 bits per heavy atom. The number of anilines is 1. The number of hydrogen-bond donors (Lipinski definition) is 2. The highest BCUT2D eigenvalue weighted by Gasteiger charge is 2.31. The second-order valence-corrected chi connectivity index (χ2v) is 12.5. The summed E-state index contributed by atoms with van der Waals surface area (Å²) in [4.78, 5) is 25.3. The van der Waals surface area contributed by atoms with Gasteiger partial charge in [0.15, 0.2) is 15.3 Å². The van der Waals surface area contributed by atoms with Crippen LogP contribution in [0.3, 0.4) is 0 Å². The van der Waals surface area contributed by atoms with Crippen LogP contribution in [-0.2, 0) is 17.5 Å². The highest BCUT2D eigenvalue weighted by atomic mass is 79.9. The molecule has 4 aromatic rings. The van der Waals surface area contributed by atoms with Crippen molar-refractivity contribution in [1.82, 2.24) is 30.3 Å². The highest BCUT2D eigenvalue weighted by molar-refractivity contribution is 9.10. The largest absolute Gasteiger partial charge is 0.416 e. The van der Waals surface area contributed by atoms with Gasteiger partial charge < -0.3 is 5.32 Å². The first-order valence-electron chi connectivity index (χ1n) is 11.3. The molecule has 0 bridgehead atoms. The summed E-state index contributed by atoms with van der Waals surface area (Å²) >= 11 is 13.1. The number of alkyl halides is 3. The lowest BCUT2D eigenvalue weighted by molar-refractivity contribution is -0.137. The third-order valence-electron chi connectivity index (χ3n) is 4.97. The molecule has 0 aliphatic heterocycles. The van der Waals surface area contributed by atoms with Gasteiger partial charge >= 0.3 is 6.18 Å². The average molecular weight is 693 g/mol. The Kier molecular flexibility index (Phi) is 10.1. The first-order chi connectivity index (χ1) is 19.0. The van der Waals surface area contributed by atoms with Gasteiger partial charge in [0.1, 0.15) is 0 Å². The van der Waals surface area contributed by atoms with E-state index in [2.05, 4.69) is 47.0 Å². The molecule has 0 radical (unpaired) electrons. The summed E-state index contributed by atoms with van der Waals surface area (Å²) in [6.45, 7) is 1.79. The Hall–Kier alpha value is -2.66. The average Bonchev–Trinajstić information content (AvgIpc) is 3.53. The van der Waals surface area contributed by atoms with Crippen molar-refractivity contribution in [3.05, 3.63) is 68.9 Å². The van der Waals surface area contributed by atoms with Crippen molar-refractivity contribution >= 4 is 79.3 Å². The quantitative estimate of drug-likeness (QED) is 0.147. The topological polar surface area (TPSA) is 115 Å². The van der Waals surface area contributed by atoms with Gasteiger partial charge in [-0.3, -0.25) is 19.5 Å². The summed E-state index contributed by atoms with van der Waals surface area (Å²) in [7, 11) is 0. The summed E-state index contributed by atoms with van der Waals surface area (Å²) in [5.41, 5.74) is -0.567. The van der Waals surface area contributed by atoms with Crippen LogP contribution in [0, 0.1) is 0 Å². The van der Waals surface area contributed by atoms with Crippen LogP contribution >= 0.6 is 62.4 Å². The molecule has 9 nitrogen and oxygen atoms in total. The number of benzene rings is 2. The van der Waals surface area contributed by atoms with E-state index in [1.54, 1.807) is 12.1 Å². The Labute approximate surface area is 251 Å². The second-order valence-electron chi connectivity index (χ2n) is 7.73. The van der Waals surface area contributed by atoms with Gasteiger partial charge in [0.2, 0.25) is 11.0 Å². The van der Waals surface area contributed by atoms with Crippen molar-refractivity contribution in [1.29, 1.82) is 0 Å². The molecule has 2 heterocycles. The zero-order valence-corrected chi connectivity index (χ0v) is 25.1. The van der Waals surface area contributed by atoms with Gasteiger partial charge in [-0.15, -0.1) is 20.4 Å². The molecule has 0 saturated heterocycles. The lowest BCUT2D eigenvalue weighted by atomic mass is 10.2. The molecule has 2 aromatic carbocycles. The molecule has 0 saturated carbocycles. The van der Waals surface area contributed by atoms with Crippen LogP contribution in [0.5, 0.6) is 0 Å². The van der Waals surface area contributed by atoms with Gasteiger partial charge in [0.25, 0.3) is 5.91 Å². The molecule has 0 spiro atoms. The Morgan fingerprint density at radius 2 is 1.90 bits per heavy atom. The third-order valence-corrected chi connectivity index (χ3v) is 8.57. The van der Waals surface area contributed by atoms with Crippen LogP contribution in [0.4, 0.5) is 18.3 Å². The van der Waals surface area contributed by atoms with Gasteiger partial charge in [-0.1, -0.05) is 75.4 Å². The zero-order valence-electron chi connectivity index (χ0n) is 20.3. The van der Waals surface area contributed by atoms with Gasteiger partial charge in [-0.05, 0) is 42.2 Å². The number of rotatable bonds is 10. The molecule has 2 N–H and O–H groups in total. The number of thioether (sulfide) groups is 2. The SMILES string of the molecule is CCSc1nnc(NC(=O)CSc2nnc(CNC(=O)c3cc(Br)ccc3Cl)n2-c2cccc(C(F)(F)F)c2)s1. The third kappa shape index (κ3) is 7.75. The number of amides is 2. The van der Waals surface area contributed by atoms with Crippen LogP contribution in [0.2, 0.25) is 5.02 Å². The fourth-order valence-electron chi connectivity index (χ4n) is 3.24. The summed E-state index contributed by atoms with van der Waals surface area (Å²) < 4.78 is 43.1. The van der Waals surface area contributed by atoms with Crippen molar-refractivity contribution in [3.8, 4) is 5.69 Å². The van der Waals surface area contributed by atoms with Crippen LogP contribution in [0.1, 0.15) is 28.7 Å². The standard InChI is InChI=1S/C23H18BrClF3N7O2S3/c1-2-38-22-34-32-20(40-22)30-18(36)11-39-21-33-31-17(10-29-19(37)15-9-13(24)6-7-16(15)25)35(21)14-5-3-4-12(8-14)23(26,27)28/h3-9H,2,10-11H2,1H3,(H,29,37)(H,30,32,36). The van der Waals surface area contributed by atoms with Crippen LogP contribution in [0.25, 0.3) is 5.69 Å². The maximum Gasteiger partial charge on any atom is 0.416 e. The molecule has 0 aliphatic carbocycles. The van der Waals surface area contributed by atoms with Crippen molar-refractivity contribution in [3.63, 3.8) is 0 Å². The summed E-state index contributed by atoms with van der Waals surface area (Å²) in [6, 6.07) is 9.36. The molecule has 0 fully saturated rings. The molecule has 40 heavy (non-hydrogen) atoms. The van der Waals surface area contributed by atoms with E-state index < -0.39 is 23.6 Å². The minimum Gasteiger partial charge on any atom is -0.345 e. The number of hydrogen-bond acceptors (Lipinski definition) is 9. The predicted octanol–water partition coefficient (Wildman–Crippen LogP) is 6.33. The van der Waals surface area contributed by atoms with E-state index in [1.165, 1.54) is 45.9 Å². The van der Waals surface area contributed by atoms with E-state index in [9.17, 15) is 22.8 Å². The van der Waals surface area contributed by atoms with Crippen LogP contribution in [0.15, 0.2) is 56.4 Å². The number of nitrogens with one attached hydrogen (secondary N) is 2. The maximum atomic E-state index is 13.5. The molecule has 17 heteroatoms. The minimum atomic E-state index is -4.58. The van der Waals surface area contributed by atoms with Crippen LogP contribution < -0.4 is 10.6 Å². The smallest absolute Gasteiger partial charge is 0.345 e. The van der Waals surface area contributed by atoms with Crippen molar-refractivity contribution < 1.29 is 22.8 Å². The Balaban J connectivity index is 1.56. The lowest BCUT2D eigenvalue weighted by Crippen LogP contribution is -2.25. The van der Waals surface area contributed by atoms with Crippen molar-refractivity contribution in [2.75, 3.05) is 16.8 Å². The minimum absolute atomic E-state index is 0.109. The monoisotopic (exact) mass is 691 g/mol. The first kappa shape index (κ1) is 30.3. The Bertz CT molecular complexity index is 1530. The second kappa shape index (κ2) is 13.3. The molecule has 0 unspecified atom stereocenters. The van der Waals surface area contributed by atoms with E-state index in [4.69, 9.17) is 11.6 Å². The number of carbonyl (C=O) groups excluding carboxylic acids is 2. The Morgan fingerprint density at radius 1 is 1.10 bits per heavy atom. The van der Waals surface area contributed by atoms with Crippen molar-refractivity contribution in [2.45, 2.75) is 29.1 Å². The molecule has 0 atom stereocenters. The van der Waals surface area contributed by atoms with E-state index in [0.29, 0.717) is 13.9 Å². The fourth-order valence-corrected chi connectivity index (χ4v) is 6.24. The molecular weight excluding hydrogens is 675 g/mol. The van der Waals surface area contributed by atoms with Gasteiger partial charge in [0, 0.05) is 4.47 Å². The van der Waals surface area contributed by atoms with E-state index in [-0.39, 0.29) is 39.6 Å². The number of aromatic nitrogens is 5. The van der Waals surface area contributed by atoms with Crippen LogP contribution in [-0.4, -0.2) is 48.3 Å². The van der Waals surface area contributed by atoms with E-state index >= 15 is 0 Å². The lowest BCUT2D eigenvalue weighted by Gasteiger charge is -2.13. The van der Waals surface area contributed by atoms with Gasteiger partial charge in [-0.25, -0.2) is 0 Å². The maximum absolute atomic E-state index is 13.5. The molecule has 2 aromatic heterocycles. The molecular formula is C23H18BrClF3N7O2S3. The first-order valence-corrected chi connectivity index (χ1v) is 15.2. The van der Waals surface area contributed by atoms with E-state index in [1.807, 2.05) is 6.92 Å². The van der Waals surface area contributed by atoms with Gasteiger partial charge in [-0.2, -0.15) is 13.2 Å².